The van der Waals surface area contributed by atoms with Crippen LogP contribution in [0.2, 0.25) is 0 Å². The topological polar surface area (TPSA) is 108 Å². The minimum Gasteiger partial charge on any atom is -0.478 e. The van der Waals surface area contributed by atoms with Crippen molar-refractivity contribution in [3.8, 4) is 5.00 Å². The summed E-state index contributed by atoms with van der Waals surface area (Å²) in [4.78, 5) is 33.2. The highest BCUT2D eigenvalue weighted by Gasteiger charge is 2.16. The number of aromatic amines is 2. The molecule has 0 aliphatic carbocycles. The Labute approximate surface area is 85.6 Å². The molecule has 2 rings (SSSR count). The van der Waals surface area contributed by atoms with E-state index < -0.39 is 17.3 Å². The standard InChI is InChI=1S/C7H5N3O4S/c11-5(12)3-1-2-15-4(3)10-6(13)8-9-7(10)14/h1-2H,(H,8,13)(H,9,14)(H,11,12). The number of carboxylic acids is 1. The number of hydrogen-bond donors (Lipinski definition) is 3. The highest BCUT2D eigenvalue weighted by atomic mass is 32.1. The molecule has 0 aliphatic rings. The van der Waals surface area contributed by atoms with E-state index in [9.17, 15) is 14.4 Å². The molecule has 0 aromatic carbocycles. The Morgan fingerprint density at radius 2 is 1.93 bits per heavy atom. The Kier molecular flexibility index (Phi) is 2.05. The molecule has 7 nitrogen and oxygen atoms in total. The van der Waals surface area contributed by atoms with Gasteiger partial charge >= 0.3 is 17.3 Å². The molecule has 0 fully saturated rings. The number of H-pyrrole nitrogens is 2. The van der Waals surface area contributed by atoms with Gasteiger partial charge in [-0.2, -0.15) is 0 Å². The van der Waals surface area contributed by atoms with E-state index in [1.807, 2.05) is 0 Å². The number of aromatic carboxylic acids is 1. The molecule has 0 amide bonds. The van der Waals surface area contributed by atoms with Gasteiger partial charge < -0.3 is 5.11 Å². The molecule has 2 heterocycles. The summed E-state index contributed by atoms with van der Waals surface area (Å²) in [7, 11) is 0. The Bertz CT molecular complexity index is 589. The average molecular weight is 227 g/mol. The molecule has 0 atom stereocenters. The highest BCUT2D eigenvalue weighted by molar-refractivity contribution is 7.13. The summed E-state index contributed by atoms with van der Waals surface area (Å²) >= 11 is 1.01. The number of nitrogens with zero attached hydrogens (tertiary/aromatic N) is 1. The largest absolute Gasteiger partial charge is 0.478 e. The van der Waals surface area contributed by atoms with Gasteiger partial charge in [0.2, 0.25) is 0 Å². The van der Waals surface area contributed by atoms with Crippen LogP contribution in [0, 0.1) is 0 Å². The summed E-state index contributed by atoms with van der Waals surface area (Å²) in [5, 5.41) is 14.5. The summed E-state index contributed by atoms with van der Waals surface area (Å²) in [5.74, 6) is -1.18. The lowest BCUT2D eigenvalue weighted by atomic mass is 10.3. The molecule has 0 saturated carbocycles. The van der Waals surface area contributed by atoms with Crippen molar-refractivity contribution in [2.45, 2.75) is 0 Å². The highest BCUT2D eigenvalue weighted by Crippen LogP contribution is 2.18. The molecule has 3 N–H and O–H groups in total. The zero-order valence-corrected chi connectivity index (χ0v) is 8.00. The molecule has 8 heteroatoms. The van der Waals surface area contributed by atoms with Crippen LogP contribution < -0.4 is 11.4 Å². The molecule has 2 aromatic heterocycles. The molecule has 2 aromatic rings. The second-order valence-electron chi connectivity index (χ2n) is 2.64. The summed E-state index contributed by atoms with van der Waals surface area (Å²) in [6.45, 7) is 0. The number of nitrogens with one attached hydrogen (secondary N) is 2. The lowest BCUT2D eigenvalue weighted by Crippen LogP contribution is -2.25. The van der Waals surface area contributed by atoms with E-state index in [1.54, 1.807) is 0 Å². The summed E-state index contributed by atoms with van der Waals surface area (Å²) < 4.78 is 0.744. The van der Waals surface area contributed by atoms with Crippen molar-refractivity contribution in [1.82, 2.24) is 14.8 Å². The van der Waals surface area contributed by atoms with Gasteiger partial charge in [-0.15, -0.1) is 11.3 Å². The minimum absolute atomic E-state index is 0.0767. The molecular weight excluding hydrogens is 222 g/mol. The number of carboxylic acid groups (broad SMARTS) is 1. The average Bonchev–Trinajstić information content (AvgIpc) is 2.73. The fourth-order valence-corrected chi connectivity index (χ4v) is 2.02. The van der Waals surface area contributed by atoms with Crippen LogP contribution >= 0.6 is 11.3 Å². The lowest BCUT2D eigenvalue weighted by Gasteiger charge is -1.95. The van der Waals surface area contributed by atoms with E-state index in [1.165, 1.54) is 11.4 Å². The molecule has 0 aliphatic heterocycles. The van der Waals surface area contributed by atoms with Crippen LogP contribution in [-0.4, -0.2) is 25.8 Å². The molecule has 0 saturated heterocycles. The number of carbonyl (C=O) groups is 1. The van der Waals surface area contributed by atoms with Crippen molar-refractivity contribution >= 4 is 17.3 Å². The van der Waals surface area contributed by atoms with Gasteiger partial charge in [0.25, 0.3) is 0 Å². The summed E-state index contributed by atoms with van der Waals surface area (Å²) in [6, 6.07) is 1.33. The Hall–Kier alpha value is -2.09. The number of rotatable bonds is 2. The minimum atomic E-state index is -1.18. The fraction of sp³-hybridized carbons (Fsp3) is 0. The maximum absolute atomic E-state index is 11.2. The quantitative estimate of drug-likeness (QED) is 0.649. The van der Waals surface area contributed by atoms with Crippen molar-refractivity contribution < 1.29 is 9.90 Å². The monoisotopic (exact) mass is 227 g/mol. The molecule has 0 bridgehead atoms. The van der Waals surface area contributed by atoms with Gasteiger partial charge in [0.15, 0.2) is 0 Å². The van der Waals surface area contributed by atoms with E-state index in [2.05, 4.69) is 10.2 Å². The second-order valence-corrected chi connectivity index (χ2v) is 3.53. The van der Waals surface area contributed by atoms with Gasteiger partial charge in [0.1, 0.15) is 5.00 Å². The first-order valence-electron chi connectivity index (χ1n) is 3.82. The van der Waals surface area contributed by atoms with Crippen LogP contribution in [-0.2, 0) is 0 Å². The van der Waals surface area contributed by atoms with E-state index in [-0.39, 0.29) is 10.6 Å². The van der Waals surface area contributed by atoms with E-state index in [0.717, 1.165) is 15.9 Å². The van der Waals surface area contributed by atoms with Crippen molar-refractivity contribution in [3.63, 3.8) is 0 Å². The van der Waals surface area contributed by atoms with Gasteiger partial charge in [0.05, 0.1) is 5.56 Å². The fourth-order valence-electron chi connectivity index (χ4n) is 1.13. The van der Waals surface area contributed by atoms with Gasteiger partial charge in [0, 0.05) is 0 Å². The third-order valence-electron chi connectivity index (χ3n) is 1.76. The SMILES string of the molecule is O=C(O)c1ccsc1-n1c(=O)[nH][nH]c1=O. The first-order chi connectivity index (χ1) is 7.11. The van der Waals surface area contributed by atoms with Crippen molar-refractivity contribution in [3.05, 3.63) is 38.0 Å². The zero-order chi connectivity index (χ0) is 11.0. The number of hydrogen-bond acceptors (Lipinski definition) is 4. The van der Waals surface area contributed by atoms with Crippen LogP contribution in [0.25, 0.3) is 5.00 Å². The normalized spacial score (nSPS) is 10.4. The van der Waals surface area contributed by atoms with Crippen LogP contribution in [0.5, 0.6) is 0 Å². The lowest BCUT2D eigenvalue weighted by molar-refractivity contribution is 0.0697. The number of thiophene rings is 1. The van der Waals surface area contributed by atoms with E-state index in [4.69, 9.17) is 5.11 Å². The van der Waals surface area contributed by atoms with Gasteiger partial charge in [-0.3, -0.25) is 0 Å². The first-order valence-corrected chi connectivity index (χ1v) is 4.70. The Morgan fingerprint density at radius 3 is 2.47 bits per heavy atom. The van der Waals surface area contributed by atoms with E-state index >= 15 is 0 Å². The Balaban J connectivity index is 2.75. The van der Waals surface area contributed by atoms with Crippen LogP contribution in [0.4, 0.5) is 0 Å². The third-order valence-corrected chi connectivity index (χ3v) is 2.66. The summed E-state index contributed by atoms with van der Waals surface area (Å²) in [6.07, 6.45) is 0. The maximum Gasteiger partial charge on any atom is 0.349 e. The maximum atomic E-state index is 11.2. The predicted octanol–water partition coefficient (Wildman–Crippen LogP) is -0.386. The van der Waals surface area contributed by atoms with Crippen LogP contribution in [0.3, 0.4) is 0 Å². The molecule has 0 unspecified atom stereocenters. The smallest absolute Gasteiger partial charge is 0.349 e. The molecule has 15 heavy (non-hydrogen) atoms. The van der Waals surface area contributed by atoms with Crippen LogP contribution in [0.1, 0.15) is 10.4 Å². The molecule has 78 valence electrons. The molecule has 0 radical (unpaired) electrons. The van der Waals surface area contributed by atoms with Crippen molar-refractivity contribution in [1.29, 1.82) is 0 Å². The first kappa shape index (κ1) is 9.46. The molecular formula is C7H5N3O4S. The number of aromatic nitrogens is 3. The predicted molar refractivity (Wildman–Crippen MR) is 51.8 cm³/mol. The van der Waals surface area contributed by atoms with Crippen LogP contribution in [0.15, 0.2) is 21.0 Å². The second kappa shape index (κ2) is 3.24. The van der Waals surface area contributed by atoms with Gasteiger partial charge in [-0.05, 0) is 11.4 Å². The van der Waals surface area contributed by atoms with Crippen molar-refractivity contribution in [2.24, 2.45) is 0 Å². The van der Waals surface area contributed by atoms with Crippen molar-refractivity contribution in [2.75, 3.05) is 0 Å². The molecule has 0 spiro atoms. The third kappa shape index (κ3) is 1.40. The Morgan fingerprint density at radius 1 is 1.33 bits per heavy atom. The van der Waals surface area contributed by atoms with E-state index in [0.29, 0.717) is 0 Å². The summed E-state index contributed by atoms with van der Waals surface area (Å²) in [5.41, 5.74) is -1.46. The zero-order valence-electron chi connectivity index (χ0n) is 7.18. The van der Waals surface area contributed by atoms with Gasteiger partial charge in [-0.25, -0.2) is 29.1 Å². The van der Waals surface area contributed by atoms with Gasteiger partial charge in [-0.1, -0.05) is 0 Å².